The number of fused-ring (bicyclic) bond motifs is 3. The minimum Gasteiger partial charge on any atom is -0.339 e. The van der Waals surface area contributed by atoms with E-state index in [-0.39, 0.29) is 17.5 Å². The summed E-state index contributed by atoms with van der Waals surface area (Å²) in [6.45, 7) is 4.94. The van der Waals surface area contributed by atoms with Gasteiger partial charge in [0.2, 0.25) is 11.7 Å². The second-order valence-corrected chi connectivity index (χ2v) is 9.27. The van der Waals surface area contributed by atoms with Crippen LogP contribution in [0.5, 0.6) is 0 Å². The van der Waals surface area contributed by atoms with E-state index in [2.05, 4.69) is 17.1 Å². The molecule has 1 saturated heterocycles. The van der Waals surface area contributed by atoms with Crippen LogP contribution in [0, 0.1) is 6.92 Å². The monoisotopic (exact) mass is 447 g/mol. The molecule has 5 rings (SSSR count). The molecular formula is C24H25N5O2S. The van der Waals surface area contributed by atoms with E-state index in [9.17, 15) is 9.59 Å². The highest BCUT2D eigenvalue weighted by Gasteiger charge is 2.24. The van der Waals surface area contributed by atoms with Gasteiger partial charge in [0, 0.05) is 12.6 Å². The predicted octanol–water partition coefficient (Wildman–Crippen LogP) is 3.83. The smallest absolute Gasteiger partial charge is 0.267 e. The summed E-state index contributed by atoms with van der Waals surface area (Å²) >= 11 is 1.37. The number of likely N-dealkylation sites (tertiary alicyclic amines) is 1. The number of aryl methyl sites for hydroxylation is 1. The fraction of sp³-hybridized carbons (Fsp3) is 0.333. The second-order valence-electron chi connectivity index (χ2n) is 8.33. The van der Waals surface area contributed by atoms with Crippen LogP contribution < -0.4 is 5.56 Å². The maximum absolute atomic E-state index is 13.4. The number of hydrogen-bond acceptors (Lipinski definition) is 5. The molecule has 1 atom stereocenters. The lowest BCUT2D eigenvalue weighted by Crippen LogP contribution is -2.42. The summed E-state index contributed by atoms with van der Waals surface area (Å²) in [7, 11) is 0. The Kier molecular flexibility index (Phi) is 5.46. The Hall–Kier alpha value is -3.13. The van der Waals surface area contributed by atoms with Gasteiger partial charge in [0.25, 0.3) is 5.56 Å². The molecule has 3 heterocycles. The van der Waals surface area contributed by atoms with Gasteiger partial charge in [-0.25, -0.2) is 4.57 Å². The highest BCUT2D eigenvalue weighted by atomic mass is 32.2. The van der Waals surface area contributed by atoms with Gasteiger partial charge in [0.05, 0.1) is 22.3 Å². The van der Waals surface area contributed by atoms with Crippen molar-refractivity contribution in [3.63, 3.8) is 0 Å². The van der Waals surface area contributed by atoms with E-state index in [0.717, 1.165) is 36.2 Å². The lowest BCUT2D eigenvalue weighted by atomic mass is 10.0. The van der Waals surface area contributed by atoms with Gasteiger partial charge in [-0.3, -0.25) is 14.0 Å². The Labute approximate surface area is 190 Å². The Bertz CT molecular complexity index is 1360. The molecule has 4 aromatic rings. The molecule has 0 saturated carbocycles. The molecule has 1 fully saturated rings. The number of hydrogen-bond donors (Lipinski definition) is 0. The Morgan fingerprint density at radius 2 is 1.88 bits per heavy atom. The molecule has 32 heavy (non-hydrogen) atoms. The molecule has 2 aromatic carbocycles. The molecule has 1 aliphatic rings. The van der Waals surface area contributed by atoms with Crippen molar-refractivity contribution < 1.29 is 4.79 Å². The van der Waals surface area contributed by atoms with Gasteiger partial charge < -0.3 is 4.90 Å². The third-order valence-electron chi connectivity index (χ3n) is 6.13. The Morgan fingerprint density at radius 1 is 1.09 bits per heavy atom. The fourth-order valence-electron chi connectivity index (χ4n) is 4.38. The van der Waals surface area contributed by atoms with E-state index in [0.29, 0.717) is 22.1 Å². The van der Waals surface area contributed by atoms with Crippen LogP contribution in [0.25, 0.3) is 22.4 Å². The average Bonchev–Trinajstić information content (AvgIpc) is 3.23. The number of amides is 1. The normalized spacial score (nSPS) is 16.7. The molecule has 164 valence electrons. The van der Waals surface area contributed by atoms with Gasteiger partial charge >= 0.3 is 0 Å². The molecule has 0 N–H and O–H groups in total. The van der Waals surface area contributed by atoms with Crippen molar-refractivity contribution in [1.29, 1.82) is 0 Å². The number of aromatic nitrogens is 4. The van der Waals surface area contributed by atoms with E-state index in [4.69, 9.17) is 0 Å². The van der Waals surface area contributed by atoms with Crippen molar-refractivity contribution >= 4 is 34.3 Å². The van der Waals surface area contributed by atoms with Crippen LogP contribution in [0.15, 0.2) is 58.5 Å². The number of piperidine rings is 1. The maximum atomic E-state index is 13.4. The van der Waals surface area contributed by atoms with Crippen molar-refractivity contribution in [2.75, 3.05) is 12.3 Å². The van der Waals surface area contributed by atoms with Crippen LogP contribution in [0.3, 0.4) is 0 Å². The van der Waals surface area contributed by atoms with Crippen LogP contribution in [0.2, 0.25) is 0 Å². The number of rotatable bonds is 4. The summed E-state index contributed by atoms with van der Waals surface area (Å²) in [5, 5.41) is 9.92. The summed E-state index contributed by atoms with van der Waals surface area (Å²) in [5.74, 6) is 0.859. The lowest BCUT2D eigenvalue weighted by molar-refractivity contribution is -0.131. The molecule has 0 radical (unpaired) electrons. The van der Waals surface area contributed by atoms with Crippen molar-refractivity contribution in [1.82, 2.24) is 24.1 Å². The molecule has 7 nitrogen and oxygen atoms in total. The van der Waals surface area contributed by atoms with Gasteiger partial charge in [-0.15, -0.1) is 10.2 Å². The second kappa shape index (κ2) is 8.43. The number of para-hydroxylation sites is 1. The summed E-state index contributed by atoms with van der Waals surface area (Å²) in [4.78, 5) is 28.2. The summed E-state index contributed by atoms with van der Waals surface area (Å²) in [6.07, 6.45) is 3.29. The van der Waals surface area contributed by atoms with Crippen molar-refractivity contribution in [2.24, 2.45) is 0 Å². The van der Waals surface area contributed by atoms with Crippen LogP contribution in [-0.2, 0) is 4.79 Å². The van der Waals surface area contributed by atoms with Crippen LogP contribution in [-0.4, -0.2) is 48.3 Å². The first-order valence-electron chi connectivity index (χ1n) is 10.9. The minimum absolute atomic E-state index is 0.120. The zero-order valence-corrected chi connectivity index (χ0v) is 19.0. The SMILES string of the molecule is Cc1ccc(-n2c(=O)c3ccccc3n3c(SCC(=O)N4CCCCC4C)nnc23)cc1. The van der Waals surface area contributed by atoms with Gasteiger partial charge in [-0.05, 0) is 57.4 Å². The van der Waals surface area contributed by atoms with Gasteiger partial charge in [0.1, 0.15) is 0 Å². The first-order valence-corrected chi connectivity index (χ1v) is 11.9. The summed E-state index contributed by atoms with van der Waals surface area (Å²) in [6, 6.07) is 15.5. The molecule has 0 aliphatic carbocycles. The maximum Gasteiger partial charge on any atom is 0.267 e. The van der Waals surface area contributed by atoms with Crippen molar-refractivity contribution in [3.05, 3.63) is 64.4 Å². The molecule has 0 spiro atoms. The fourth-order valence-corrected chi connectivity index (χ4v) is 5.20. The average molecular weight is 448 g/mol. The third-order valence-corrected chi connectivity index (χ3v) is 7.05. The molecule has 1 unspecified atom stereocenters. The number of benzene rings is 2. The van der Waals surface area contributed by atoms with Crippen LogP contribution in [0.4, 0.5) is 0 Å². The quantitative estimate of drug-likeness (QED) is 0.445. The van der Waals surface area contributed by atoms with Gasteiger partial charge in [0.15, 0.2) is 5.16 Å². The first-order chi connectivity index (χ1) is 15.5. The topological polar surface area (TPSA) is 72.5 Å². The molecule has 8 heteroatoms. The highest BCUT2D eigenvalue weighted by Crippen LogP contribution is 2.25. The van der Waals surface area contributed by atoms with Crippen LogP contribution >= 0.6 is 11.8 Å². The minimum atomic E-state index is -0.140. The Balaban J connectivity index is 1.59. The van der Waals surface area contributed by atoms with E-state index < -0.39 is 0 Å². The van der Waals surface area contributed by atoms with E-state index in [1.807, 2.05) is 64.8 Å². The highest BCUT2D eigenvalue weighted by molar-refractivity contribution is 7.99. The van der Waals surface area contributed by atoms with E-state index in [1.165, 1.54) is 18.2 Å². The third kappa shape index (κ3) is 3.58. The number of nitrogens with zero attached hydrogens (tertiary/aromatic N) is 5. The lowest BCUT2D eigenvalue weighted by Gasteiger charge is -2.33. The standard InChI is InChI=1S/C24H25N5O2S/c1-16-10-12-18(13-11-16)28-22(31)19-8-3-4-9-20(19)29-23(28)25-26-24(29)32-15-21(30)27-14-6-5-7-17(27)2/h3-4,8-13,17H,5-7,14-15H2,1-2H3. The van der Waals surface area contributed by atoms with Gasteiger partial charge in [-0.1, -0.05) is 41.6 Å². The molecule has 0 bridgehead atoms. The first kappa shape index (κ1) is 20.8. The zero-order chi connectivity index (χ0) is 22.2. The predicted molar refractivity (Wildman–Crippen MR) is 127 cm³/mol. The summed E-state index contributed by atoms with van der Waals surface area (Å²) < 4.78 is 3.47. The Morgan fingerprint density at radius 3 is 2.66 bits per heavy atom. The number of thioether (sulfide) groups is 1. The van der Waals surface area contributed by atoms with E-state index >= 15 is 0 Å². The molecule has 1 amide bonds. The molecule has 1 aliphatic heterocycles. The molecular weight excluding hydrogens is 422 g/mol. The van der Waals surface area contributed by atoms with Crippen LogP contribution in [0.1, 0.15) is 31.7 Å². The number of carbonyl (C=O) groups is 1. The molecule has 2 aromatic heterocycles. The zero-order valence-electron chi connectivity index (χ0n) is 18.2. The van der Waals surface area contributed by atoms with E-state index in [1.54, 1.807) is 4.57 Å². The van der Waals surface area contributed by atoms with Gasteiger partial charge in [-0.2, -0.15) is 0 Å². The number of carbonyl (C=O) groups excluding carboxylic acids is 1. The largest absolute Gasteiger partial charge is 0.339 e. The van der Waals surface area contributed by atoms with Crippen molar-refractivity contribution in [2.45, 2.75) is 44.3 Å². The summed E-state index contributed by atoms with van der Waals surface area (Å²) in [5.41, 5.74) is 2.45. The van der Waals surface area contributed by atoms with Crippen molar-refractivity contribution in [3.8, 4) is 5.69 Å².